The fourth-order valence-corrected chi connectivity index (χ4v) is 2.75. The van der Waals surface area contributed by atoms with E-state index in [1.807, 2.05) is 6.07 Å². The van der Waals surface area contributed by atoms with Crippen molar-refractivity contribution in [2.24, 2.45) is 5.92 Å². The standard InChI is InChI=1S/C16H17NO4/c1-10(18)12-6-7-17(9-12)15(19)13-8-11-4-2-3-5-14(11)21-16(13)20/h2-5,8,10,12,18H,6-7,9H2,1H3. The van der Waals surface area contributed by atoms with Crippen molar-refractivity contribution in [2.45, 2.75) is 19.4 Å². The molecule has 2 atom stereocenters. The van der Waals surface area contributed by atoms with Gasteiger partial charge in [-0.25, -0.2) is 4.79 Å². The Hall–Kier alpha value is -2.14. The zero-order chi connectivity index (χ0) is 15.0. The normalized spacial score (nSPS) is 19.9. The topological polar surface area (TPSA) is 70.8 Å². The number of aliphatic hydroxyl groups excluding tert-OH is 1. The Labute approximate surface area is 121 Å². The van der Waals surface area contributed by atoms with Crippen molar-refractivity contribution in [1.82, 2.24) is 4.90 Å². The van der Waals surface area contributed by atoms with E-state index in [1.165, 1.54) is 0 Å². The molecule has 2 heterocycles. The minimum atomic E-state index is -0.612. The van der Waals surface area contributed by atoms with Crippen LogP contribution >= 0.6 is 0 Å². The maximum atomic E-state index is 12.5. The first kappa shape index (κ1) is 13.8. The molecule has 1 fully saturated rings. The number of aliphatic hydroxyl groups is 1. The number of rotatable bonds is 2. The summed E-state index contributed by atoms with van der Waals surface area (Å²) in [4.78, 5) is 26.1. The van der Waals surface area contributed by atoms with Crippen LogP contribution in [-0.4, -0.2) is 35.1 Å². The van der Waals surface area contributed by atoms with Crippen LogP contribution in [0.2, 0.25) is 0 Å². The first-order chi connectivity index (χ1) is 10.1. The molecule has 5 heteroatoms. The van der Waals surface area contributed by atoms with E-state index in [1.54, 1.807) is 36.1 Å². The summed E-state index contributed by atoms with van der Waals surface area (Å²) in [5.41, 5.74) is -0.0820. The summed E-state index contributed by atoms with van der Waals surface area (Å²) in [6.45, 7) is 2.76. The average Bonchev–Trinajstić information content (AvgIpc) is 2.96. The lowest BCUT2D eigenvalue weighted by Crippen LogP contribution is -2.33. The zero-order valence-electron chi connectivity index (χ0n) is 11.8. The molecule has 1 aromatic heterocycles. The van der Waals surface area contributed by atoms with Gasteiger partial charge >= 0.3 is 5.63 Å². The van der Waals surface area contributed by atoms with Crippen LogP contribution in [0.3, 0.4) is 0 Å². The number of hydrogen-bond acceptors (Lipinski definition) is 4. The lowest BCUT2D eigenvalue weighted by atomic mass is 10.0. The lowest BCUT2D eigenvalue weighted by molar-refractivity contribution is 0.0758. The number of likely N-dealkylation sites (tertiary alicyclic amines) is 1. The number of carbonyl (C=O) groups excluding carboxylic acids is 1. The monoisotopic (exact) mass is 287 g/mol. The van der Waals surface area contributed by atoms with E-state index in [9.17, 15) is 14.7 Å². The number of carbonyl (C=O) groups is 1. The molecule has 1 amide bonds. The number of para-hydroxylation sites is 1. The Morgan fingerprint density at radius 2 is 2.19 bits per heavy atom. The molecule has 21 heavy (non-hydrogen) atoms. The van der Waals surface area contributed by atoms with Gasteiger partial charge in [-0.1, -0.05) is 18.2 Å². The van der Waals surface area contributed by atoms with Gasteiger partial charge in [0.05, 0.1) is 6.10 Å². The summed E-state index contributed by atoms with van der Waals surface area (Å²) in [6.07, 6.45) is 0.304. The molecule has 0 spiro atoms. The summed E-state index contributed by atoms with van der Waals surface area (Å²) < 4.78 is 5.20. The molecule has 0 bridgehead atoms. The third-order valence-corrected chi connectivity index (χ3v) is 4.07. The highest BCUT2D eigenvalue weighted by Crippen LogP contribution is 2.22. The number of hydrogen-bond donors (Lipinski definition) is 1. The summed E-state index contributed by atoms with van der Waals surface area (Å²) in [5, 5.41) is 10.3. The molecule has 1 N–H and O–H groups in total. The highest BCUT2D eigenvalue weighted by atomic mass is 16.4. The molecule has 0 aliphatic carbocycles. The molecular formula is C16H17NO4. The van der Waals surface area contributed by atoms with Gasteiger partial charge in [0.15, 0.2) is 0 Å². The molecule has 1 saturated heterocycles. The lowest BCUT2D eigenvalue weighted by Gasteiger charge is -2.17. The Bertz CT molecular complexity index is 734. The van der Waals surface area contributed by atoms with Crippen molar-refractivity contribution >= 4 is 16.9 Å². The average molecular weight is 287 g/mol. The van der Waals surface area contributed by atoms with Gasteiger partial charge < -0.3 is 14.4 Å². The smallest absolute Gasteiger partial charge is 0.349 e. The second kappa shape index (κ2) is 5.33. The molecule has 5 nitrogen and oxygen atoms in total. The van der Waals surface area contributed by atoms with Crippen LogP contribution in [0, 0.1) is 5.92 Å². The van der Waals surface area contributed by atoms with Crippen LogP contribution in [0.15, 0.2) is 39.5 Å². The number of benzene rings is 1. The van der Waals surface area contributed by atoms with E-state index in [4.69, 9.17) is 4.42 Å². The third-order valence-electron chi connectivity index (χ3n) is 4.07. The predicted octanol–water partition coefficient (Wildman–Crippen LogP) is 1.64. The van der Waals surface area contributed by atoms with Crippen molar-refractivity contribution in [3.05, 3.63) is 46.3 Å². The van der Waals surface area contributed by atoms with Crippen molar-refractivity contribution in [3.8, 4) is 0 Å². The third kappa shape index (κ3) is 2.56. The van der Waals surface area contributed by atoms with Gasteiger partial charge in [0.25, 0.3) is 5.91 Å². The van der Waals surface area contributed by atoms with E-state index >= 15 is 0 Å². The van der Waals surface area contributed by atoms with Crippen molar-refractivity contribution in [1.29, 1.82) is 0 Å². The summed E-state index contributed by atoms with van der Waals surface area (Å²) >= 11 is 0. The van der Waals surface area contributed by atoms with Crippen molar-refractivity contribution in [3.63, 3.8) is 0 Å². The van der Waals surface area contributed by atoms with Crippen LogP contribution in [0.1, 0.15) is 23.7 Å². The molecule has 2 unspecified atom stereocenters. The minimum Gasteiger partial charge on any atom is -0.422 e. The molecule has 0 radical (unpaired) electrons. The van der Waals surface area contributed by atoms with Crippen LogP contribution < -0.4 is 5.63 Å². The van der Waals surface area contributed by atoms with Gasteiger partial charge in [0.2, 0.25) is 0 Å². The van der Waals surface area contributed by atoms with Gasteiger partial charge in [-0.05, 0) is 25.5 Å². The number of fused-ring (bicyclic) bond motifs is 1. The largest absolute Gasteiger partial charge is 0.422 e. The molecule has 1 aliphatic heterocycles. The highest BCUT2D eigenvalue weighted by molar-refractivity contribution is 5.96. The Morgan fingerprint density at radius 3 is 2.90 bits per heavy atom. The minimum absolute atomic E-state index is 0.0555. The van der Waals surface area contributed by atoms with Gasteiger partial charge in [0.1, 0.15) is 11.1 Å². The van der Waals surface area contributed by atoms with E-state index in [0.29, 0.717) is 18.7 Å². The molecule has 3 rings (SSSR count). The van der Waals surface area contributed by atoms with Crippen molar-refractivity contribution in [2.75, 3.05) is 13.1 Å². The molecular weight excluding hydrogens is 270 g/mol. The predicted molar refractivity (Wildman–Crippen MR) is 78.2 cm³/mol. The fourth-order valence-electron chi connectivity index (χ4n) is 2.75. The van der Waals surface area contributed by atoms with Crippen LogP contribution in [0.4, 0.5) is 0 Å². The van der Waals surface area contributed by atoms with E-state index in [2.05, 4.69) is 0 Å². The second-order valence-corrected chi connectivity index (χ2v) is 5.53. The molecule has 1 aromatic carbocycles. The summed E-state index contributed by atoms with van der Waals surface area (Å²) in [7, 11) is 0. The van der Waals surface area contributed by atoms with Gasteiger partial charge in [-0.15, -0.1) is 0 Å². The molecule has 2 aromatic rings. The van der Waals surface area contributed by atoms with Gasteiger partial charge in [-0.2, -0.15) is 0 Å². The Morgan fingerprint density at radius 1 is 1.43 bits per heavy atom. The maximum Gasteiger partial charge on any atom is 0.349 e. The fraction of sp³-hybridized carbons (Fsp3) is 0.375. The molecule has 0 saturated carbocycles. The first-order valence-corrected chi connectivity index (χ1v) is 7.06. The maximum absolute atomic E-state index is 12.5. The van der Waals surface area contributed by atoms with Gasteiger partial charge in [-0.3, -0.25) is 4.79 Å². The molecule has 1 aliphatic rings. The van der Waals surface area contributed by atoms with Crippen LogP contribution in [0.25, 0.3) is 11.0 Å². The molecule has 110 valence electrons. The number of amides is 1. The van der Waals surface area contributed by atoms with Crippen molar-refractivity contribution < 1.29 is 14.3 Å². The van der Waals surface area contributed by atoms with Crippen LogP contribution in [-0.2, 0) is 0 Å². The van der Waals surface area contributed by atoms with Gasteiger partial charge in [0, 0.05) is 24.4 Å². The first-order valence-electron chi connectivity index (χ1n) is 7.06. The van der Waals surface area contributed by atoms with E-state index in [0.717, 1.165) is 11.8 Å². The Balaban J connectivity index is 1.92. The highest BCUT2D eigenvalue weighted by Gasteiger charge is 2.31. The van der Waals surface area contributed by atoms with Crippen LogP contribution in [0.5, 0.6) is 0 Å². The SMILES string of the molecule is CC(O)C1CCN(C(=O)c2cc3ccccc3oc2=O)C1. The summed E-state index contributed by atoms with van der Waals surface area (Å²) in [6, 6.07) is 8.69. The quantitative estimate of drug-likeness (QED) is 0.852. The van der Waals surface area contributed by atoms with E-state index < -0.39 is 11.7 Å². The second-order valence-electron chi connectivity index (χ2n) is 5.53. The van der Waals surface area contributed by atoms with E-state index in [-0.39, 0.29) is 17.4 Å². The zero-order valence-corrected chi connectivity index (χ0v) is 11.8. The number of nitrogens with zero attached hydrogens (tertiary/aromatic N) is 1. The Kier molecular flexibility index (Phi) is 3.51. The summed E-state index contributed by atoms with van der Waals surface area (Å²) in [5.74, 6) is -0.251.